The monoisotopic (exact) mass is 315 g/mol. The van der Waals surface area contributed by atoms with E-state index in [2.05, 4.69) is 5.32 Å². The Kier molecular flexibility index (Phi) is 6.51. The van der Waals surface area contributed by atoms with Gasteiger partial charge in [0.25, 0.3) is 5.91 Å². The first-order chi connectivity index (χ1) is 11.1. The highest BCUT2D eigenvalue weighted by Crippen LogP contribution is 2.17. The quantitative estimate of drug-likeness (QED) is 0.852. The van der Waals surface area contributed by atoms with E-state index in [4.69, 9.17) is 0 Å². The highest BCUT2D eigenvalue weighted by atomic mass is 16.2. The molecule has 0 fully saturated rings. The standard InChI is InChI=1S/C19H25NO3/c1-14(21)18(22)17-13-7-5-3-2-4-6-10-15-11-8-9-12-16(15)19(23)20-17/h8-9,11-12,17H,2-7,10,13H2,1H3,(H,20,23). The van der Waals surface area contributed by atoms with E-state index in [0.29, 0.717) is 12.0 Å². The fraction of sp³-hybridized carbons (Fsp3) is 0.526. The van der Waals surface area contributed by atoms with Crippen molar-refractivity contribution in [2.75, 3.05) is 0 Å². The molecule has 1 aliphatic heterocycles. The van der Waals surface area contributed by atoms with E-state index in [9.17, 15) is 14.4 Å². The predicted octanol–water partition coefficient (Wildman–Crippen LogP) is 3.23. The van der Waals surface area contributed by atoms with E-state index in [-0.39, 0.29) is 5.91 Å². The molecule has 0 spiro atoms. The Morgan fingerprint density at radius 2 is 1.65 bits per heavy atom. The zero-order valence-electron chi connectivity index (χ0n) is 13.8. The summed E-state index contributed by atoms with van der Waals surface area (Å²) >= 11 is 0. The number of amides is 1. The van der Waals surface area contributed by atoms with E-state index in [0.717, 1.165) is 44.1 Å². The maximum Gasteiger partial charge on any atom is 0.252 e. The first-order valence-corrected chi connectivity index (χ1v) is 8.53. The summed E-state index contributed by atoms with van der Waals surface area (Å²) in [5, 5.41) is 2.78. The minimum absolute atomic E-state index is 0.251. The Hall–Kier alpha value is -1.97. The van der Waals surface area contributed by atoms with Crippen molar-refractivity contribution in [1.82, 2.24) is 5.32 Å². The van der Waals surface area contributed by atoms with Crippen LogP contribution in [-0.4, -0.2) is 23.5 Å². The Bertz CT molecular complexity index is 580. The number of rotatable bonds is 2. The number of carbonyl (C=O) groups excluding carboxylic acids is 3. The second-order valence-electron chi connectivity index (χ2n) is 6.26. The van der Waals surface area contributed by atoms with Crippen LogP contribution in [0.15, 0.2) is 24.3 Å². The largest absolute Gasteiger partial charge is 0.342 e. The van der Waals surface area contributed by atoms with Crippen LogP contribution in [0.5, 0.6) is 0 Å². The maximum atomic E-state index is 12.6. The van der Waals surface area contributed by atoms with E-state index >= 15 is 0 Å². The Labute approximate surface area is 137 Å². The van der Waals surface area contributed by atoms with Crippen molar-refractivity contribution in [2.45, 2.75) is 64.3 Å². The smallest absolute Gasteiger partial charge is 0.252 e. The van der Waals surface area contributed by atoms with Crippen LogP contribution in [0.4, 0.5) is 0 Å². The van der Waals surface area contributed by atoms with Crippen LogP contribution in [0.1, 0.15) is 67.8 Å². The van der Waals surface area contributed by atoms with Crippen molar-refractivity contribution in [3.8, 4) is 0 Å². The number of nitrogens with one attached hydrogen (secondary N) is 1. The number of carbonyl (C=O) groups is 3. The first kappa shape index (κ1) is 17.4. The number of hydrogen-bond acceptors (Lipinski definition) is 3. The van der Waals surface area contributed by atoms with Gasteiger partial charge in [-0.1, -0.05) is 50.3 Å². The Balaban J connectivity index is 2.23. The number of benzene rings is 1. The molecule has 1 unspecified atom stereocenters. The molecular formula is C19H25NO3. The minimum Gasteiger partial charge on any atom is -0.342 e. The average Bonchev–Trinajstić information content (AvgIpc) is 2.56. The maximum absolute atomic E-state index is 12.6. The lowest BCUT2D eigenvalue weighted by Crippen LogP contribution is -2.43. The molecule has 1 amide bonds. The van der Waals surface area contributed by atoms with Gasteiger partial charge in [-0.25, -0.2) is 0 Å². The second kappa shape index (κ2) is 8.61. The summed E-state index contributed by atoms with van der Waals surface area (Å²) in [6, 6.07) is 6.82. The average molecular weight is 315 g/mol. The van der Waals surface area contributed by atoms with Gasteiger partial charge < -0.3 is 5.32 Å². The molecule has 0 bridgehead atoms. The number of Topliss-reactive ketones (excluding diaryl/α,β-unsaturated/α-hetero) is 2. The van der Waals surface area contributed by atoms with Gasteiger partial charge in [0.15, 0.2) is 5.78 Å². The van der Waals surface area contributed by atoms with Crippen LogP contribution in [0.3, 0.4) is 0 Å². The van der Waals surface area contributed by atoms with Gasteiger partial charge in [0, 0.05) is 12.5 Å². The van der Waals surface area contributed by atoms with Crippen LogP contribution in [0, 0.1) is 0 Å². The summed E-state index contributed by atoms with van der Waals surface area (Å²) in [5.41, 5.74) is 1.63. The third-order valence-electron chi connectivity index (χ3n) is 4.42. The van der Waals surface area contributed by atoms with Gasteiger partial charge in [-0.3, -0.25) is 14.4 Å². The summed E-state index contributed by atoms with van der Waals surface area (Å²) in [6.45, 7) is 1.27. The molecule has 4 nitrogen and oxygen atoms in total. The first-order valence-electron chi connectivity index (χ1n) is 8.53. The molecule has 1 N–H and O–H groups in total. The van der Waals surface area contributed by atoms with E-state index in [1.165, 1.54) is 13.3 Å². The zero-order chi connectivity index (χ0) is 16.7. The Morgan fingerprint density at radius 1 is 1.00 bits per heavy atom. The van der Waals surface area contributed by atoms with Gasteiger partial charge in [-0.15, -0.1) is 0 Å². The molecule has 1 aromatic carbocycles. The zero-order valence-corrected chi connectivity index (χ0v) is 13.8. The molecule has 0 radical (unpaired) electrons. The van der Waals surface area contributed by atoms with Crippen molar-refractivity contribution in [3.05, 3.63) is 35.4 Å². The summed E-state index contributed by atoms with van der Waals surface area (Å²) in [5.74, 6) is -1.24. The van der Waals surface area contributed by atoms with E-state index < -0.39 is 17.6 Å². The molecule has 1 heterocycles. The van der Waals surface area contributed by atoms with Crippen LogP contribution in [0.25, 0.3) is 0 Å². The van der Waals surface area contributed by atoms with Crippen LogP contribution < -0.4 is 5.32 Å². The molecule has 1 atom stereocenters. The molecule has 124 valence electrons. The molecule has 4 heteroatoms. The summed E-state index contributed by atoms with van der Waals surface area (Å²) < 4.78 is 0. The van der Waals surface area contributed by atoms with Crippen LogP contribution in [-0.2, 0) is 16.0 Å². The molecule has 0 saturated carbocycles. The van der Waals surface area contributed by atoms with Gasteiger partial charge in [0.05, 0.1) is 6.04 Å². The van der Waals surface area contributed by atoms with Crippen molar-refractivity contribution >= 4 is 17.5 Å². The van der Waals surface area contributed by atoms with Crippen LogP contribution in [0.2, 0.25) is 0 Å². The number of aryl methyl sites for hydroxylation is 1. The third-order valence-corrected chi connectivity index (χ3v) is 4.42. The molecule has 0 aliphatic carbocycles. The van der Waals surface area contributed by atoms with Crippen LogP contribution >= 0.6 is 0 Å². The topological polar surface area (TPSA) is 63.2 Å². The predicted molar refractivity (Wildman–Crippen MR) is 89.4 cm³/mol. The minimum atomic E-state index is -0.700. The summed E-state index contributed by atoms with van der Waals surface area (Å²) in [7, 11) is 0. The normalized spacial score (nSPS) is 20.2. The lowest BCUT2D eigenvalue weighted by atomic mass is 9.99. The molecule has 0 saturated heterocycles. The fourth-order valence-electron chi connectivity index (χ4n) is 3.08. The van der Waals surface area contributed by atoms with Gasteiger partial charge in [-0.05, 0) is 30.9 Å². The highest BCUT2D eigenvalue weighted by molar-refractivity contribution is 6.38. The van der Waals surface area contributed by atoms with Crippen molar-refractivity contribution in [1.29, 1.82) is 0 Å². The van der Waals surface area contributed by atoms with Crippen molar-refractivity contribution in [2.24, 2.45) is 0 Å². The summed E-state index contributed by atoms with van der Waals surface area (Å²) in [6.07, 6.45) is 7.83. The van der Waals surface area contributed by atoms with Crippen molar-refractivity contribution < 1.29 is 14.4 Å². The number of hydrogen-bond donors (Lipinski definition) is 1. The number of ketones is 2. The molecule has 0 aromatic heterocycles. The lowest BCUT2D eigenvalue weighted by molar-refractivity contribution is -0.136. The van der Waals surface area contributed by atoms with Crippen molar-refractivity contribution in [3.63, 3.8) is 0 Å². The molecule has 1 aliphatic rings. The van der Waals surface area contributed by atoms with Gasteiger partial charge >= 0.3 is 0 Å². The highest BCUT2D eigenvalue weighted by Gasteiger charge is 2.25. The molecule has 2 rings (SSSR count). The van der Waals surface area contributed by atoms with Gasteiger partial charge in [-0.2, -0.15) is 0 Å². The SMILES string of the molecule is CC(=O)C(=O)C1CCCCCCCCc2ccccc2C(=O)N1. The molecule has 1 aromatic rings. The fourth-order valence-corrected chi connectivity index (χ4v) is 3.08. The van der Waals surface area contributed by atoms with Gasteiger partial charge in [0.2, 0.25) is 5.78 Å². The second-order valence-corrected chi connectivity index (χ2v) is 6.26. The van der Waals surface area contributed by atoms with Gasteiger partial charge in [0.1, 0.15) is 0 Å². The lowest BCUT2D eigenvalue weighted by Gasteiger charge is -2.17. The third kappa shape index (κ3) is 5.02. The molecule has 23 heavy (non-hydrogen) atoms. The van der Waals surface area contributed by atoms with E-state index in [1.807, 2.05) is 18.2 Å². The Morgan fingerprint density at radius 3 is 2.39 bits per heavy atom. The van der Waals surface area contributed by atoms with E-state index in [1.54, 1.807) is 6.07 Å². The number of fused-ring (bicyclic) bond motifs is 1. The summed E-state index contributed by atoms with van der Waals surface area (Å²) in [4.78, 5) is 36.1. The molecular weight excluding hydrogens is 290 g/mol.